The maximum Gasteiger partial charge on any atom is 0.264 e. The summed E-state index contributed by atoms with van der Waals surface area (Å²) in [5.41, 5.74) is 4.04. The maximum absolute atomic E-state index is 13.8. The van der Waals surface area contributed by atoms with Crippen molar-refractivity contribution in [1.29, 1.82) is 0 Å². The van der Waals surface area contributed by atoms with Crippen molar-refractivity contribution in [2.24, 2.45) is 0 Å². The molecule has 0 unspecified atom stereocenters. The first kappa shape index (κ1) is 26.9. The molecule has 1 N–H and O–H groups in total. The van der Waals surface area contributed by atoms with Crippen molar-refractivity contribution in [3.63, 3.8) is 0 Å². The summed E-state index contributed by atoms with van der Waals surface area (Å²) in [5, 5.41) is 2.59. The fraction of sp³-hybridized carbons (Fsp3) is 0.286. The minimum atomic E-state index is -4.06. The number of carbonyl (C=O) groups is 2. The van der Waals surface area contributed by atoms with Gasteiger partial charge in [-0.15, -0.1) is 0 Å². The largest absolute Gasteiger partial charge is 0.357 e. The van der Waals surface area contributed by atoms with Crippen LogP contribution in [0.1, 0.15) is 29.2 Å². The van der Waals surface area contributed by atoms with Crippen LogP contribution in [0.5, 0.6) is 0 Å². The number of amides is 2. The van der Waals surface area contributed by atoms with E-state index in [2.05, 4.69) is 5.32 Å². The van der Waals surface area contributed by atoms with E-state index in [1.807, 2.05) is 51.1 Å². The number of likely N-dealkylation sites (N-methyl/N-ethyl adjacent to an activating group) is 1. The van der Waals surface area contributed by atoms with Crippen LogP contribution in [0.25, 0.3) is 0 Å². The Morgan fingerprint density at radius 1 is 0.861 bits per heavy atom. The summed E-state index contributed by atoms with van der Waals surface area (Å²) >= 11 is 0. The second-order valence-electron chi connectivity index (χ2n) is 8.96. The van der Waals surface area contributed by atoms with Gasteiger partial charge in [-0.05, 0) is 63.1 Å². The van der Waals surface area contributed by atoms with Crippen LogP contribution in [-0.2, 0) is 26.2 Å². The summed E-state index contributed by atoms with van der Waals surface area (Å²) in [6.07, 6.45) is 0. The van der Waals surface area contributed by atoms with Gasteiger partial charge in [0.15, 0.2) is 0 Å². The number of anilines is 1. The van der Waals surface area contributed by atoms with Gasteiger partial charge in [-0.2, -0.15) is 0 Å². The zero-order valence-corrected chi connectivity index (χ0v) is 22.2. The lowest BCUT2D eigenvalue weighted by Gasteiger charge is -2.32. The van der Waals surface area contributed by atoms with Crippen LogP contribution >= 0.6 is 0 Å². The smallest absolute Gasteiger partial charge is 0.264 e. The maximum atomic E-state index is 13.8. The summed E-state index contributed by atoms with van der Waals surface area (Å²) in [6, 6.07) is 20.4. The predicted octanol–water partition coefficient (Wildman–Crippen LogP) is 3.97. The zero-order chi connectivity index (χ0) is 26.5. The first-order chi connectivity index (χ1) is 17.0. The molecule has 7 nitrogen and oxygen atoms in total. The lowest BCUT2D eigenvalue weighted by Crippen LogP contribution is -2.50. The van der Waals surface area contributed by atoms with Gasteiger partial charge in [-0.1, -0.05) is 59.7 Å². The fourth-order valence-electron chi connectivity index (χ4n) is 3.95. The highest BCUT2D eigenvalue weighted by molar-refractivity contribution is 7.92. The van der Waals surface area contributed by atoms with Crippen molar-refractivity contribution in [1.82, 2.24) is 10.2 Å². The Kier molecular flexibility index (Phi) is 8.53. The van der Waals surface area contributed by atoms with E-state index < -0.39 is 28.5 Å². The van der Waals surface area contributed by atoms with E-state index in [9.17, 15) is 18.0 Å². The van der Waals surface area contributed by atoms with Gasteiger partial charge in [-0.25, -0.2) is 8.42 Å². The number of hydrogen-bond acceptors (Lipinski definition) is 4. The van der Waals surface area contributed by atoms with Crippen LogP contribution in [0.4, 0.5) is 5.69 Å². The molecule has 8 heteroatoms. The predicted molar refractivity (Wildman–Crippen MR) is 142 cm³/mol. The summed E-state index contributed by atoms with van der Waals surface area (Å²) in [6.45, 7) is 7.04. The quantitative estimate of drug-likeness (QED) is 0.475. The molecular weight excluding hydrogens is 474 g/mol. The molecule has 0 fully saturated rings. The van der Waals surface area contributed by atoms with E-state index in [0.717, 1.165) is 26.6 Å². The lowest BCUT2D eigenvalue weighted by molar-refractivity contribution is -0.139. The minimum absolute atomic E-state index is 0.0898. The van der Waals surface area contributed by atoms with Gasteiger partial charge in [0.25, 0.3) is 10.0 Å². The number of benzene rings is 3. The monoisotopic (exact) mass is 507 g/mol. The van der Waals surface area contributed by atoms with Gasteiger partial charge in [0, 0.05) is 13.6 Å². The molecule has 0 bridgehead atoms. The highest BCUT2D eigenvalue weighted by atomic mass is 32.2. The molecule has 3 aromatic carbocycles. The van der Waals surface area contributed by atoms with Crippen molar-refractivity contribution in [2.75, 3.05) is 17.9 Å². The Balaban J connectivity index is 2.03. The Labute approximate surface area is 213 Å². The molecule has 190 valence electrons. The van der Waals surface area contributed by atoms with Gasteiger partial charge in [-0.3, -0.25) is 13.9 Å². The average Bonchev–Trinajstić information content (AvgIpc) is 2.85. The number of aryl methyl sites for hydroxylation is 3. The Morgan fingerprint density at radius 2 is 1.47 bits per heavy atom. The van der Waals surface area contributed by atoms with Gasteiger partial charge in [0.05, 0.1) is 10.6 Å². The molecule has 0 saturated carbocycles. The Morgan fingerprint density at radius 3 is 2.06 bits per heavy atom. The lowest BCUT2D eigenvalue weighted by atomic mass is 10.1. The Bertz CT molecular complexity index is 1340. The number of sulfonamides is 1. The van der Waals surface area contributed by atoms with Crippen molar-refractivity contribution in [2.45, 2.75) is 45.2 Å². The van der Waals surface area contributed by atoms with Gasteiger partial charge >= 0.3 is 0 Å². The minimum Gasteiger partial charge on any atom is -0.357 e. The fourth-order valence-corrected chi connectivity index (χ4v) is 5.35. The second-order valence-corrected chi connectivity index (χ2v) is 10.8. The van der Waals surface area contributed by atoms with Crippen LogP contribution < -0.4 is 9.62 Å². The number of nitrogens with zero attached hydrogens (tertiary/aromatic N) is 2. The molecule has 1 atom stereocenters. The number of carbonyl (C=O) groups excluding carboxylic acids is 2. The second kappa shape index (κ2) is 11.4. The molecule has 2 amide bonds. The van der Waals surface area contributed by atoms with Crippen LogP contribution in [0.2, 0.25) is 0 Å². The van der Waals surface area contributed by atoms with Gasteiger partial charge in [0.1, 0.15) is 12.6 Å². The van der Waals surface area contributed by atoms with E-state index in [4.69, 9.17) is 0 Å². The van der Waals surface area contributed by atoms with Crippen LogP contribution in [0, 0.1) is 20.8 Å². The standard InChI is InChI=1S/C28H33N3O4S/c1-20-12-14-26(15-13-20)36(34,35)31(25-11-7-9-22(3)17-25)19-27(32)30(23(4)28(33)29-5)18-24-10-6-8-21(2)16-24/h6-17,23H,18-19H2,1-5H3,(H,29,33)/t23-/m0/s1. The Hall–Kier alpha value is -3.65. The molecule has 0 aliphatic rings. The van der Waals surface area contributed by atoms with E-state index in [-0.39, 0.29) is 17.3 Å². The topological polar surface area (TPSA) is 86.8 Å². The molecule has 0 saturated heterocycles. The first-order valence-corrected chi connectivity index (χ1v) is 13.2. The molecule has 0 heterocycles. The molecule has 0 spiro atoms. The summed E-state index contributed by atoms with van der Waals surface area (Å²) in [4.78, 5) is 27.8. The molecular formula is C28H33N3O4S. The van der Waals surface area contributed by atoms with E-state index in [1.54, 1.807) is 37.3 Å². The van der Waals surface area contributed by atoms with Crippen molar-refractivity contribution in [3.05, 3.63) is 95.1 Å². The summed E-state index contributed by atoms with van der Waals surface area (Å²) < 4.78 is 28.6. The summed E-state index contributed by atoms with van der Waals surface area (Å²) in [7, 11) is -2.55. The van der Waals surface area contributed by atoms with Crippen LogP contribution in [0.3, 0.4) is 0 Å². The SMILES string of the molecule is CNC(=O)[C@H](C)N(Cc1cccc(C)c1)C(=O)CN(c1cccc(C)c1)S(=O)(=O)c1ccc(C)cc1. The summed E-state index contributed by atoms with van der Waals surface area (Å²) in [5.74, 6) is -0.815. The van der Waals surface area contributed by atoms with E-state index in [1.165, 1.54) is 24.1 Å². The first-order valence-electron chi connectivity index (χ1n) is 11.8. The molecule has 3 rings (SSSR count). The number of rotatable bonds is 9. The van der Waals surface area contributed by atoms with Crippen LogP contribution in [0.15, 0.2) is 77.7 Å². The molecule has 36 heavy (non-hydrogen) atoms. The molecule has 3 aromatic rings. The number of hydrogen-bond donors (Lipinski definition) is 1. The highest BCUT2D eigenvalue weighted by Gasteiger charge is 2.32. The zero-order valence-electron chi connectivity index (χ0n) is 21.4. The molecule has 0 aromatic heterocycles. The highest BCUT2D eigenvalue weighted by Crippen LogP contribution is 2.25. The molecule has 0 aliphatic carbocycles. The third-order valence-electron chi connectivity index (χ3n) is 6.03. The number of nitrogens with one attached hydrogen (secondary N) is 1. The van der Waals surface area contributed by atoms with Gasteiger partial charge in [0.2, 0.25) is 11.8 Å². The third kappa shape index (κ3) is 6.31. The normalized spacial score (nSPS) is 12.0. The van der Waals surface area contributed by atoms with Crippen molar-refractivity contribution in [3.8, 4) is 0 Å². The average molecular weight is 508 g/mol. The molecule has 0 aliphatic heterocycles. The van der Waals surface area contributed by atoms with Crippen molar-refractivity contribution >= 4 is 27.5 Å². The third-order valence-corrected chi connectivity index (χ3v) is 7.81. The van der Waals surface area contributed by atoms with Crippen molar-refractivity contribution < 1.29 is 18.0 Å². The van der Waals surface area contributed by atoms with E-state index >= 15 is 0 Å². The molecule has 0 radical (unpaired) electrons. The van der Waals surface area contributed by atoms with E-state index in [0.29, 0.717) is 5.69 Å². The van der Waals surface area contributed by atoms with Crippen LogP contribution in [-0.4, -0.2) is 44.8 Å². The van der Waals surface area contributed by atoms with Gasteiger partial charge < -0.3 is 10.2 Å².